The lowest BCUT2D eigenvalue weighted by atomic mass is 10.1. The topological polar surface area (TPSA) is 30.5 Å². The van der Waals surface area contributed by atoms with Crippen LogP contribution in [-0.4, -0.2) is 13.2 Å². The Labute approximate surface area is 199 Å². The van der Waals surface area contributed by atoms with Crippen molar-refractivity contribution in [3.05, 3.63) is 91.9 Å². The van der Waals surface area contributed by atoms with E-state index < -0.39 is 0 Å². The molecule has 0 spiro atoms. The fourth-order valence-corrected chi connectivity index (χ4v) is 3.92. The Morgan fingerprint density at radius 2 is 1.55 bits per heavy atom. The molecule has 31 heavy (non-hydrogen) atoms. The molecule has 3 nitrogen and oxygen atoms in total. The predicted molar refractivity (Wildman–Crippen MR) is 130 cm³/mol. The third-order valence-corrected chi connectivity index (χ3v) is 5.90. The Balaban J connectivity index is 1.63. The maximum atomic E-state index is 6.54. The van der Waals surface area contributed by atoms with Crippen molar-refractivity contribution in [3.8, 4) is 11.5 Å². The van der Waals surface area contributed by atoms with E-state index in [1.54, 1.807) is 6.07 Å². The van der Waals surface area contributed by atoms with Crippen LogP contribution in [0.1, 0.15) is 29.2 Å². The van der Waals surface area contributed by atoms with Gasteiger partial charge < -0.3 is 14.8 Å². The molecule has 6 heteroatoms. The molecule has 164 valence electrons. The molecule has 0 bridgehead atoms. The van der Waals surface area contributed by atoms with E-state index in [-0.39, 0.29) is 0 Å². The second kappa shape index (κ2) is 11.6. The second-order valence-corrected chi connectivity index (χ2v) is 8.45. The Bertz CT molecular complexity index is 1020. The highest BCUT2D eigenvalue weighted by Crippen LogP contribution is 2.34. The summed E-state index contributed by atoms with van der Waals surface area (Å²) < 4.78 is 11.9. The first kappa shape index (κ1) is 23.7. The van der Waals surface area contributed by atoms with E-state index in [1.165, 1.54) is 5.56 Å². The number of rotatable bonds is 10. The summed E-state index contributed by atoms with van der Waals surface area (Å²) in [5.41, 5.74) is 4.33. The molecule has 0 radical (unpaired) electrons. The van der Waals surface area contributed by atoms with Crippen LogP contribution in [0, 0.1) is 6.92 Å². The molecule has 3 aromatic carbocycles. The third kappa shape index (κ3) is 6.78. The van der Waals surface area contributed by atoms with Gasteiger partial charge in [-0.2, -0.15) is 0 Å². The van der Waals surface area contributed by atoms with E-state index in [2.05, 4.69) is 24.4 Å². The second-order valence-electron chi connectivity index (χ2n) is 7.20. The van der Waals surface area contributed by atoms with Crippen LogP contribution in [-0.2, 0) is 19.6 Å². The average molecular weight is 479 g/mol. The molecule has 0 aliphatic rings. The van der Waals surface area contributed by atoms with Crippen molar-refractivity contribution >= 4 is 34.8 Å². The number of benzene rings is 3. The van der Waals surface area contributed by atoms with Crippen LogP contribution in [0.5, 0.6) is 11.5 Å². The van der Waals surface area contributed by atoms with Gasteiger partial charge in [0.15, 0.2) is 11.5 Å². The van der Waals surface area contributed by atoms with Gasteiger partial charge in [-0.15, -0.1) is 0 Å². The van der Waals surface area contributed by atoms with E-state index in [0.29, 0.717) is 46.3 Å². The molecule has 0 fully saturated rings. The Hall–Kier alpha value is -1.91. The van der Waals surface area contributed by atoms with Crippen LogP contribution in [0.25, 0.3) is 0 Å². The largest absolute Gasteiger partial charge is 0.490 e. The van der Waals surface area contributed by atoms with Gasteiger partial charge >= 0.3 is 0 Å². The lowest BCUT2D eigenvalue weighted by Crippen LogP contribution is -2.17. The van der Waals surface area contributed by atoms with E-state index in [0.717, 1.165) is 29.7 Å². The lowest BCUT2D eigenvalue weighted by Gasteiger charge is -2.16. The minimum Gasteiger partial charge on any atom is -0.490 e. The monoisotopic (exact) mass is 477 g/mol. The van der Waals surface area contributed by atoms with Gasteiger partial charge in [-0.05, 0) is 67.3 Å². The van der Waals surface area contributed by atoms with Gasteiger partial charge in [0.2, 0.25) is 0 Å². The van der Waals surface area contributed by atoms with Crippen molar-refractivity contribution < 1.29 is 9.47 Å². The standard InChI is InChI=1S/C25H26Cl3NO2/c1-3-30-24-12-20(15-29-11-10-18-8-9-21(26)13-22(18)27)23(28)14-25(24)31-16-19-7-5-4-6-17(19)2/h4-9,12-14,29H,3,10-11,15-16H2,1-2H3. The summed E-state index contributed by atoms with van der Waals surface area (Å²) in [4.78, 5) is 0. The summed E-state index contributed by atoms with van der Waals surface area (Å²) >= 11 is 18.7. The maximum Gasteiger partial charge on any atom is 0.163 e. The summed E-state index contributed by atoms with van der Waals surface area (Å²) in [6, 6.07) is 17.5. The molecule has 0 aliphatic carbocycles. The van der Waals surface area contributed by atoms with Crippen LogP contribution in [0.4, 0.5) is 0 Å². The Kier molecular flexibility index (Phi) is 8.91. The van der Waals surface area contributed by atoms with Crippen molar-refractivity contribution in [1.82, 2.24) is 5.32 Å². The highest BCUT2D eigenvalue weighted by molar-refractivity contribution is 6.35. The molecule has 0 amide bonds. The number of ether oxygens (including phenoxy) is 2. The van der Waals surface area contributed by atoms with E-state index in [4.69, 9.17) is 44.3 Å². The number of hydrogen-bond acceptors (Lipinski definition) is 3. The van der Waals surface area contributed by atoms with Gasteiger partial charge in [-0.25, -0.2) is 0 Å². The van der Waals surface area contributed by atoms with Gasteiger partial charge in [-0.3, -0.25) is 0 Å². The summed E-state index contributed by atoms with van der Waals surface area (Å²) in [5.74, 6) is 1.34. The quantitative estimate of drug-likeness (QED) is 0.311. The zero-order chi connectivity index (χ0) is 22.2. The minimum absolute atomic E-state index is 0.461. The summed E-state index contributed by atoms with van der Waals surface area (Å²) in [5, 5.41) is 5.38. The number of hydrogen-bond donors (Lipinski definition) is 1. The predicted octanol–water partition coefficient (Wildman–Crippen LogP) is 7.27. The molecule has 1 N–H and O–H groups in total. The first-order valence-electron chi connectivity index (χ1n) is 10.2. The Morgan fingerprint density at radius 3 is 2.29 bits per heavy atom. The van der Waals surface area contributed by atoms with Crippen molar-refractivity contribution in [2.75, 3.05) is 13.2 Å². The van der Waals surface area contributed by atoms with E-state index in [9.17, 15) is 0 Å². The molecule has 0 atom stereocenters. The van der Waals surface area contributed by atoms with Crippen LogP contribution >= 0.6 is 34.8 Å². The average Bonchev–Trinajstić information content (AvgIpc) is 2.74. The van der Waals surface area contributed by atoms with Crippen molar-refractivity contribution in [2.45, 2.75) is 33.4 Å². The van der Waals surface area contributed by atoms with Gasteiger partial charge in [0.25, 0.3) is 0 Å². The molecule has 0 aliphatic heterocycles. The van der Waals surface area contributed by atoms with Gasteiger partial charge in [0, 0.05) is 27.7 Å². The summed E-state index contributed by atoms with van der Waals surface area (Å²) in [6.07, 6.45) is 0.795. The molecule has 0 aromatic heterocycles. The summed E-state index contributed by atoms with van der Waals surface area (Å²) in [6.45, 7) is 6.40. The SMILES string of the molecule is CCOc1cc(CNCCc2ccc(Cl)cc2Cl)c(Cl)cc1OCc1ccccc1C. The zero-order valence-corrected chi connectivity index (χ0v) is 19.9. The third-order valence-electron chi connectivity index (χ3n) is 4.96. The lowest BCUT2D eigenvalue weighted by molar-refractivity contribution is 0.268. The highest BCUT2D eigenvalue weighted by atomic mass is 35.5. The highest BCUT2D eigenvalue weighted by Gasteiger charge is 2.12. The number of nitrogens with one attached hydrogen (secondary N) is 1. The van der Waals surface area contributed by atoms with Gasteiger partial charge in [0.05, 0.1) is 6.61 Å². The fourth-order valence-electron chi connectivity index (χ4n) is 3.19. The first-order valence-corrected chi connectivity index (χ1v) is 11.4. The summed E-state index contributed by atoms with van der Waals surface area (Å²) in [7, 11) is 0. The van der Waals surface area contributed by atoms with Crippen LogP contribution in [0.3, 0.4) is 0 Å². The van der Waals surface area contributed by atoms with E-state index in [1.807, 2.05) is 43.3 Å². The normalized spacial score (nSPS) is 10.9. The molecule has 0 heterocycles. The maximum absolute atomic E-state index is 6.54. The molecule has 3 rings (SSSR count). The molecular formula is C25H26Cl3NO2. The molecule has 0 unspecified atom stereocenters. The van der Waals surface area contributed by atoms with Gasteiger partial charge in [-0.1, -0.05) is 65.1 Å². The van der Waals surface area contributed by atoms with Crippen molar-refractivity contribution in [3.63, 3.8) is 0 Å². The van der Waals surface area contributed by atoms with E-state index >= 15 is 0 Å². The first-order chi connectivity index (χ1) is 15.0. The zero-order valence-electron chi connectivity index (χ0n) is 17.7. The van der Waals surface area contributed by atoms with Crippen LogP contribution < -0.4 is 14.8 Å². The molecule has 0 saturated carbocycles. The smallest absolute Gasteiger partial charge is 0.163 e. The minimum atomic E-state index is 0.461. The Morgan fingerprint density at radius 1 is 0.806 bits per heavy atom. The van der Waals surface area contributed by atoms with Crippen LogP contribution in [0.2, 0.25) is 15.1 Å². The van der Waals surface area contributed by atoms with Gasteiger partial charge in [0.1, 0.15) is 6.61 Å². The number of aryl methyl sites for hydroxylation is 1. The fraction of sp³-hybridized carbons (Fsp3) is 0.280. The number of halogens is 3. The van der Waals surface area contributed by atoms with Crippen LogP contribution in [0.15, 0.2) is 54.6 Å². The molecule has 3 aromatic rings. The van der Waals surface area contributed by atoms with Crippen molar-refractivity contribution in [1.29, 1.82) is 0 Å². The van der Waals surface area contributed by atoms with Crippen molar-refractivity contribution in [2.24, 2.45) is 0 Å². The molecular weight excluding hydrogens is 453 g/mol. The molecule has 0 saturated heterocycles.